The van der Waals surface area contributed by atoms with Crippen LogP contribution in [0.2, 0.25) is 0 Å². The van der Waals surface area contributed by atoms with Gasteiger partial charge in [-0.3, -0.25) is 5.32 Å². The molecule has 1 atom stereocenters. The first-order chi connectivity index (χ1) is 7.20. The average Bonchev–Trinajstić information content (AvgIpc) is 2.61. The zero-order chi connectivity index (χ0) is 11.3. The first-order valence-corrected chi connectivity index (χ1v) is 5.06. The van der Waals surface area contributed by atoms with Crippen molar-refractivity contribution in [2.75, 3.05) is 13.2 Å². The summed E-state index contributed by atoms with van der Waals surface area (Å²) in [6, 6.07) is -0.428. The molecule has 1 aromatic rings. The molecule has 0 aromatic carbocycles. The zero-order valence-electron chi connectivity index (χ0n) is 9.36. The molecule has 1 rings (SSSR count). The van der Waals surface area contributed by atoms with E-state index in [4.69, 9.17) is 4.74 Å². The van der Waals surface area contributed by atoms with Gasteiger partial charge in [0.15, 0.2) is 0 Å². The summed E-state index contributed by atoms with van der Waals surface area (Å²) in [5.41, 5.74) is 0.815. The van der Waals surface area contributed by atoms with Gasteiger partial charge in [0.2, 0.25) is 0 Å². The highest BCUT2D eigenvalue weighted by Gasteiger charge is 2.23. The van der Waals surface area contributed by atoms with Gasteiger partial charge in [-0.1, -0.05) is 6.92 Å². The SMILES string of the molecule is CCNC(C(=O)OCC)c1cncn1C. The second-order valence-electron chi connectivity index (χ2n) is 3.17. The molecule has 5 nitrogen and oxygen atoms in total. The number of carbonyl (C=O) groups is 1. The monoisotopic (exact) mass is 211 g/mol. The third-order valence-electron chi connectivity index (χ3n) is 2.08. The molecule has 0 amide bonds. The normalized spacial score (nSPS) is 12.5. The number of hydrogen-bond donors (Lipinski definition) is 1. The highest BCUT2D eigenvalue weighted by Crippen LogP contribution is 2.13. The Morgan fingerprint density at radius 3 is 2.87 bits per heavy atom. The van der Waals surface area contributed by atoms with Crippen LogP contribution in [-0.2, 0) is 16.6 Å². The predicted octanol–water partition coefficient (Wildman–Crippen LogP) is 0.634. The summed E-state index contributed by atoms with van der Waals surface area (Å²) in [5.74, 6) is -0.261. The molecule has 0 saturated carbocycles. The number of imidazole rings is 1. The highest BCUT2D eigenvalue weighted by molar-refractivity contribution is 5.77. The minimum absolute atomic E-state index is 0.261. The highest BCUT2D eigenvalue weighted by atomic mass is 16.5. The molecule has 0 spiro atoms. The van der Waals surface area contributed by atoms with E-state index in [0.717, 1.165) is 5.69 Å². The summed E-state index contributed by atoms with van der Waals surface area (Å²) in [6.45, 7) is 4.83. The number of carbonyl (C=O) groups excluding carboxylic acids is 1. The molecule has 0 aliphatic heterocycles. The first-order valence-electron chi connectivity index (χ1n) is 5.06. The Bertz CT molecular complexity index is 322. The lowest BCUT2D eigenvalue weighted by Gasteiger charge is -2.16. The van der Waals surface area contributed by atoms with Gasteiger partial charge in [0, 0.05) is 7.05 Å². The molecular formula is C10H17N3O2. The van der Waals surface area contributed by atoms with E-state index in [1.54, 1.807) is 19.4 Å². The van der Waals surface area contributed by atoms with Crippen molar-refractivity contribution < 1.29 is 9.53 Å². The van der Waals surface area contributed by atoms with E-state index in [1.807, 2.05) is 18.5 Å². The quantitative estimate of drug-likeness (QED) is 0.726. The Balaban J connectivity index is 2.83. The van der Waals surface area contributed by atoms with Gasteiger partial charge in [-0.15, -0.1) is 0 Å². The van der Waals surface area contributed by atoms with Crippen molar-refractivity contribution in [3.05, 3.63) is 18.2 Å². The van der Waals surface area contributed by atoms with E-state index >= 15 is 0 Å². The zero-order valence-corrected chi connectivity index (χ0v) is 9.36. The Labute approximate surface area is 89.4 Å². The maximum atomic E-state index is 11.7. The maximum absolute atomic E-state index is 11.7. The summed E-state index contributed by atoms with van der Waals surface area (Å²) < 4.78 is 6.80. The summed E-state index contributed by atoms with van der Waals surface area (Å²) in [4.78, 5) is 15.6. The van der Waals surface area contributed by atoms with Gasteiger partial charge in [0.25, 0.3) is 0 Å². The van der Waals surface area contributed by atoms with E-state index in [-0.39, 0.29) is 5.97 Å². The van der Waals surface area contributed by atoms with Crippen molar-refractivity contribution in [3.63, 3.8) is 0 Å². The van der Waals surface area contributed by atoms with Crippen molar-refractivity contribution in [1.82, 2.24) is 14.9 Å². The minimum atomic E-state index is -0.428. The third-order valence-corrected chi connectivity index (χ3v) is 2.08. The molecule has 0 saturated heterocycles. The standard InChI is InChI=1S/C10H17N3O2/c1-4-12-9(10(14)15-5-2)8-6-11-7-13(8)3/h6-7,9,12H,4-5H2,1-3H3. The van der Waals surface area contributed by atoms with E-state index in [2.05, 4.69) is 10.3 Å². The van der Waals surface area contributed by atoms with Crippen LogP contribution in [0.25, 0.3) is 0 Å². The lowest BCUT2D eigenvalue weighted by Crippen LogP contribution is -2.31. The second kappa shape index (κ2) is 5.50. The predicted molar refractivity (Wildman–Crippen MR) is 56.3 cm³/mol. The van der Waals surface area contributed by atoms with Gasteiger partial charge >= 0.3 is 5.97 Å². The van der Waals surface area contributed by atoms with Gasteiger partial charge in [-0.2, -0.15) is 0 Å². The molecule has 0 aliphatic carbocycles. The number of esters is 1. The van der Waals surface area contributed by atoms with Crippen molar-refractivity contribution >= 4 is 5.97 Å². The molecule has 1 N–H and O–H groups in total. The maximum Gasteiger partial charge on any atom is 0.329 e. The van der Waals surface area contributed by atoms with Crippen LogP contribution in [0.1, 0.15) is 25.6 Å². The largest absolute Gasteiger partial charge is 0.465 e. The number of nitrogens with zero attached hydrogens (tertiary/aromatic N) is 2. The van der Waals surface area contributed by atoms with Crippen LogP contribution >= 0.6 is 0 Å². The molecular weight excluding hydrogens is 194 g/mol. The lowest BCUT2D eigenvalue weighted by atomic mass is 10.2. The Morgan fingerprint density at radius 1 is 1.67 bits per heavy atom. The van der Waals surface area contributed by atoms with Gasteiger partial charge in [-0.05, 0) is 13.5 Å². The van der Waals surface area contributed by atoms with Crippen molar-refractivity contribution in [3.8, 4) is 0 Å². The molecule has 0 radical (unpaired) electrons. The molecule has 0 fully saturated rings. The lowest BCUT2D eigenvalue weighted by molar-refractivity contribution is -0.146. The number of aryl methyl sites for hydroxylation is 1. The molecule has 84 valence electrons. The second-order valence-corrected chi connectivity index (χ2v) is 3.17. The molecule has 0 bridgehead atoms. The molecule has 1 unspecified atom stereocenters. The van der Waals surface area contributed by atoms with Crippen LogP contribution in [0.3, 0.4) is 0 Å². The van der Waals surface area contributed by atoms with Crippen LogP contribution in [0.4, 0.5) is 0 Å². The van der Waals surface area contributed by atoms with E-state index in [0.29, 0.717) is 13.2 Å². The number of rotatable bonds is 5. The first kappa shape index (κ1) is 11.7. The van der Waals surface area contributed by atoms with Crippen LogP contribution < -0.4 is 5.32 Å². The fraction of sp³-hybridized carbons (Fsp3) is 0.600. The molecule has 1 aromatic heterocycles. The van der Waals surface area contributed by atoms with Crippen LogP contribution in [0.15, 0.2) is 12.5 Å². The van der Waals surface area contributed by atoms with Crippen LogP contribution in [0, 0.1) is 0 Å². The molecule has 15 heavy (non-hydrogen) atoms. The number of ether oxygens (including phenoxy) is 1. The van der Waals surface area contributed by atoms with Gasteiger partial charge in [-0.25, -0.2) is 9.78 Å². The Kier molecular flexibility index (Phi) is 4.30. The van der Waals surface area contributed by atoms with Gasteiger partial charge in [0.05, 0.1) is 24.8 Å². The summed E-state index contributed by atoms with van der Waals surface area (Å²) in [6.07, 6.45) is 3.34. The molecule has 1 heterocycles. The smallest absolute Gasteiger partial charge is 0.329 e. The van der Waals surface area contributed by atoms with Crippen LogP contribution in [-0.4, -0.2) is 28.7 Å². The molecule has 0 aliphatic rings. The van der Waals surface area contributed by atoms with Gasteiger partial charge in [0.1, 0.15) is 6.04 Å². The number of likely N-dealkylation sites (N-methyl/N-ethyl adjacent to an activating group) is 1. The summed E-state index contributed by atoms with van der Waals surface area (Å²) in [7, 11) is 1.85. The Hall–Kier alpha value is -1.36. The fourth-order valence-corrected chi connectivity index (χ4v) is 1.38. The summed E-state index contributed by atoms with van der Waals surface area (Å²) >= 11 is 0. The number of hydrogen-bond acceptors (Lipinski definition) is 4. The number of nitrogens with one attached hydrogen (secondary N) is 1. The third kappa shape index (κ3) is 2.79. The van der Waals surface area contributed by atoms with Crippen LogP contribution in [0.5, 0.6) is 0 Å². The topological polar surface area (TPSA) is 56.1 Å². The van der Waals surface area contributed by atoms with Crippen molar-refractivity contribution in [1.29, 1.82) is 0 Å². The van der Waals surface area contributed by atoms with E-state index in [9.17, 15) is 4.79 Å². The van der Waals surface area contributed by atoms with E-state index in [1.165, 1.54) is 0 Å². The molecule has 5 heteroatoms. The van der Waals surface area contributed by atoms with Gasteiger partial charge < -0.3 is 9.30 Å². The van der Waals surface area contributed by atoms with Crippen molar-refractivity contribution in [2.45, 2.75) is 19.9 Å². The average molecular weight is 211 g/mol. The minimum Gasteiger partial charge on any atom is -0.465 e. The fourth-order valence-electron chi connectivity index (χ4n) is 1.38. The number of aromatic nitrogens is 2. The van der Waals surface area contributed by atoms with E-state index < -0.39 is 6.04 Å². The van der Waals surface area contributed by atoms with Crippen molar-refractivity contribution in [2.24, 2.45) is 7.05 Å². The Morgan fingerprint density at radius 2 is 2.40 bits per heavy atom. The summed E-state index contributed by atoms with van der Waals surface area (Å²) in [5, 5.41) is 3.08.